The van der Waals surface area contributed by atoms with Gasteiger partial charge >= 0.3 is 5.97 Å². The third-order valence-electron chi connectivity index (χ3n) is 3.01. The topological polar surface area (TPSA) is 118 Å². The first-order chi connectivity index (χ1) is 8.44. The molecule has 1 unspecified atom stereocenters. The first kappa shape index (κ1) is 16.4. The van der Waals surface area contributed by atoms with Gasteiger partial charge in [-0.1, -0.05) is 0 Å². The van der Waals surface area contributed by atoms with Gasteiger partial charge in [-0.25, -0.2) is 21.6 Å². The molecule has 1 rings (SSSR count). The van der Waals surface area contributed by atoms with Crippen LogP contribution in [0.25, 0.3) is 0 Å². The molecule has 0 spiro atoms. The lowest BCUT2D eigenvalue weighted by atomic mass is 10.0. The van der Waals surface area contributed by atoms with E-state index in [1.54, 1.807) is 13.8 Å². The van der Waals surface area contributed by atoms with Crippen molar-refractivity contribution < 1.29 is 26.7 Å². The number of sulfone groups is 1. The van der Waals surface area contributed by atoms with Gasteiger partial charge < -0.3 is 5.11 Å². The summed E-state index contributed by atoms with van der Waals surface area (Å²) in [7, 11) is -7.03. The van der Waals surface area contributed by atoms with Crippen LogP contribution in [-0.2, 0) is 24.7 Å². The van der Waals surface area contributed by atoms with Gasteiger partial charge in [0.1, 0.15) is 0 Å². The number of sulfonamides is 1. The van der Waals surface area contributed by atoms with Crippen molar-refractivity contribution in [1.82, 2.24) is 4.72 Å². The molecule has 0 bridgehead atoms. The highest BCUT2D eigenvalue weighted by molar-refractivity contribution is 7.95. The summed E-state index contributed by atoms with van der Waals surface area (Å²) in [6, 6.07) is 0. The predicted octanol–water partition coefficient (Wildman–Crippen LogP) is -0.264. The summed E-state index contributed by atoms with van der Waals surface area (Å²) in [6.45, 7) is 3.16. The molecular formula is C10H19NO6S2. The lowest BCUT2D eigenvalue weighted by Crippen LogP contribution is -2.48. The molecule has 0 aromatic heterocycles. The van der Waals surface area contributed by atoms with Crippen LogP contribution in [0.3, 0.4) is 0 Å². The van der Waals surface area contributed by atoms with Crippen LogP contribution in [0.15, 0.2) is 0 Å². The quantitative estimate of drug-likeness (QED) is 0.697. The second-order valence-electron chi connectivity index (χ2n) is 5.45. The van der Waals surface area contributed by atoms with Crippen LogP contribution in [0.2, 0.25) is 0 Å². The van der Waals surface area contributed by atoms with E-state index in [0.717, 1.165) is 0 Å². The fourth-order valence-electron chi connectivity index (χ4n) is 1.94. The summed E-state index contributed by atoms with van der Waals surface area (Å²) in [5, 5.41) is 7.66. The Hall–Kier alpha value is -0.670. The summed E-state index contributed by atoms with van der Waals surface area (Å²) in [4.78, 5) is 10.5. The molecule has 7 nitrogen and oxygen atoms in total. The zero-order valence-corrected chi connectivity index (χ0v) is 12.6. The summed E-state index contributed by atoms with van der Waals surface area (Å²) >= 11 is 0. The van der Waals surface area contributed by atoms with Gasteiger partial charge in [-0.3, -0.25) is 4.79 Å². The molecule has 0 amide bonds. The number of nitrogens with one attached hydrogen (secondary N) is 1. The van der Waals surface area contributed by atoms with Crippen molar-refractivity contribution in [3.05, 3.63) is 0 Å². The molecule has 1 aliphatic rings. The van der Waals surface area contributed by atoms with Crippen molar-refractivity contribution in [3.8, 4) is 0 Å². The third-order valence-corrected chi connectivity index (χ3v) is 7.11. The summed E-state index contributed by atoms with van der Waals surface area (Å²) in [5.41, 5.74) is -0.913. The summed E-state index contributed by atoms with van der Waals surface area (Å²) < 4.78 is 49.1. The van der Waals surface area contributed by atoms with E-state index in [1.807, 2.05) is 0 Å². The number of carbonyl (C=O) groups is 1. The normalized spacial score (nSPS) is 23.4. The van der Waals surface area contributed by atoms with Gasteiger partial charge in [0.25, 0.3) is 0 Å². The van der Waals surface area contributed by atoms with Crippen LogP contribution < -0.4 is 4.72 Å². The molecule has 0 radical (unpaired) electrons. The highest BCUT2D eigenvalue weighted by Gasteiger charge is 2.39. The highest BCUT2D eigenvalue weighted by atomic mass is 32.2. The SMILES string of the molecule is CC(C)(CCC(=O)O)NS(=O)(=O)C1CCS(=O)(=O)C1. The Bertz CT molecular complexity index is 549. The van der Waals surface area contributed by atoms with Gasteiger partial charge in [0, 0.05) is 12.0 Å². The van der Waals surface area contributed by atoms with Gasteiger partial charge in [-0.2, -0.15) is 0 Å². The second kappa shape index (κ2) is 5.37. The monoisotopic (exact) mass is 313 g/mol. The van der Waals surface area contributed by atoms with Gasteiger partial charge in [0.2, 0.25) is 10.0 Å². The third kappa shape index (κ3) is 5.07. The van der Waals surface area contributed by atoms with E-state index in [4.69, 9.17) is 5.11 Å². The Labute approximate surface area is 113 Å². The van der Waals surface area contributed by atoms with Gasteiger partial charge in [0.05, 0.1) is 16.8 Å². The maximum atomic E-state index is 12.1. The number of aliphatic carboxylic acids is 1. The number of rotatable bonds is 6. The molecule has 0 aliphatic carbocycles. The van der Waals surface area contributed by atoms with Gasteiger partial charge in [0.15, 0.2) is 9.84 Å². The maximum Gasteiger partial charge on any atom is 0.303 e. The zero-order chi connectivity index (χ0) is 14.9. The molecule has 1 fully saturated rings. The fraction of sp³-hybridized carbons (Fsp3) is 0.900. The van der Waals surface area contributed by atoms with Crippen molar-refractivity contribution in [2.75, 3.05) is 11.5 Å². The lowest BCUT2D eigenvalue weighted by Gasteiger charge is -2.27. The van der Waals surface area contributed by atoms with Crippen molar-refractivity contribution in [2.24, 2.45) is 0 Å². The molecule has 1 saturated heterocycles. The highest BCUT2D eigenvalue weighted by Crippen LogP contribution is 2.21. The van der Waals surface area contributed by atoms with Crippen molar-refractivity contribution in [3.63, 3.8) is 0 Å². The molecule has 1 aliphatic heterocycles. The molecule has 19 heavy (non-hydrogen) atoms. The maximum absolute atomic E-state index is 12.1. The molecular weight excluding hydrogens is 294 g/mol. The molecule has 1 heterocycles. The average molecular weight is 313 g/mol. The first-order valence-corrected chi connectivity index (χ1v) is 9.25. The minimum absolute atomic E-state index is 0.0900. The fourth-order valence-corrected chi connectivity index (χ4v) is 6.44. The van der Waals surface area contributed by atoms with E-state index < -0.39 is 36.6 Å². The summed E-state index contributed by atoms with van der Waals surface area (Å²) in [5.74, 6) is -1.48. The standard InChI is InChI=1S/C10H19NO6S2/c1-10(2,5-3-9(12)13)11-19(16,17)8-4-6-18(14,15)7-8/h8,11H,3-7H2,1-2H3,(H,12,13). The van der Waals surface area contributed by atoms with Crippen LogP contribution in [0.4, 0.5) is 0 Å². The number of carboxylic acids is 1. The Balaban J connectivity index is 2.72. The minimum Gasteiger partial charge on any atom is -0.481 e. The zero-order valence-electron chi connectivity index (χ0n) is 10.9. The molecule has 0 aromatic rings. The van der Waals surface area contributed by atoms with Crippen LogP contribution in [0, 0.1) is 0 Å². The van der Waals surface area contributed by atoms with Gasteiger partial charge in [-0.05, 0) is 26.7 Å². The van der Waals surface area contributed by atoms with Crippen LogP contribution in [0.5, 0.6) is 0 Å². The van der Waals surface area contributed by atoms with Crippen LogP contribution in [0.1, 0.15) is 33.1 Å². The van der Waals surface area contributed by atoms with Crippen LogP contribution >= 0.6 is 0 Å². The number of hydrogen-bond donors (Lipinski definition) is 2. The number of hydrogen-bond acceptors (Lipinski definition) is 5. The Morgan fingerprint density at radius 3 is 2.42 bits per heavy atom. The van der Waals surface area contributed by atoms with Crippen molar-refractivity contribution in [2.45, 2.75) is 43.9 Å². The summed E-state index contributed by atoms with van der Waals surface area (Å²) in [6.07, 6.45) is 0.0756. The second-order valence-corrected chi connectivity index (χ2v) is 9.64. The Morgan fingerprint density at radius 1 is 1.42 bits per heavy atom. The van der Waals surface area contributed by atoms with Crippen LogP contribution in [-0.4, -0.2) is 50.2 Å². The van der Waals surface area contributed by atoms with E-state index >= 15 is 0 Å². The Kier molecular flexibility index (Phi) is 4.63. The predicted molar refractivity (Wildman–Crippen MR) is 70.1 cm³/mol. The van der Waals surface area contributed by atoms with E-state index in [-0.39, 0.29) is 30.8 Å². The smallest absolute Gasteiger partial charge is 0.303 e. The number of carboxylic acid groups (broad SMARTS) is 1. The largest absolute Gasteiger partial charge is 0.481 e. The molecule has 1 atom stereocenters. The molecule has 0 aromatic carbocycles. The molecule has 0 saturated carbocycles. The first-order valence-electron chi connectivity index (χ1n) is 5.89. The minimum atomic E-state index is -3.76. The van der Waals surface area contributed by atoms with E-state index in [1.165, 1.54) is 0 Å². The molecule has 2 N–H and O–H groups in total. The van der Waals surface area contributed by atoms with E-state index in [2.05, 4.69) is 4.72 Å². The molecule has 112 valence electrons. The van der Waals surface area contributed by atoms with Crippen molar-refractivity contribution in [1.29, 1.82) is 0 Å². The van der Waals surface area contributed by atoms with Crippen molar-refractivity contribution >= 4 is 25.8 Å². The lowest BCUT2D eigenvalue weighted by molar-refractivity contribution is -0.137. The average Bonchev–Trinajstić information content (AvgIpc) is 2.55. The Morgan fingerprint density at radius 2 is 2.00 bits per heavy atom. The van der Waals surface area contributed by atoms with Gasteiger partial charge in [-0.15, -0.1) is 0 Å². The molecule has 9 heteroatoms. The van der Waals surface area contributed by atoms with E-state index in [0.29, 0.717) is 0 Å². The van der Waals surface area contributed by atoms with E-state index in [9.17, 15) is 21.6 Å².